The maximum atomic E-state index is 11.0. The first-order valence-corrected chi connectivity index (χ1v) is 3.62. The zero-order valence-electron chi connectivity index (χ0n) is 5.39. The summed E-state index contributed by atoms with van der Waals surface area (Å²) >= 11 is 0. The van der Waals surface area contributed by atoms with Gasteiger partial charge in [0, 0.05) is 12.0 Å². The van der Waals surface area contributed by atoms with Crippen molar-refractivity contribution >= 4 is 5.78 Å². The SMILES string of the molecule is O=C1CN[C@H]2CC[C@@H]1C2. The molecule has 0 radical (unpaired) electrons. The molecule has 0 aromatic heterocycles. The number of carbonyl (C=O) groups excluding carboxylic acids is 1. The summed E-state index contributed by atoms with van der Waals surface area (Å²) in [6.07, 6.45) is 3.46. The van der Waals surface area contributed by atoms with Crippen LogP contribution in [0.2, 0.25) is 0 Å². The molecule has 2 nitrogen and oxygen atoms in total. The van der Waals surface area contributed by atoms with Crippen LogP contribution in [0.25, 0.3) is 0 Å². The number of hydrogen-bond acceptors (Lipinski definition) is 2. The van der Waals surface area contributed by atoms with Crippen LogP contribution in [0, 0.1) is 5.92 Å². The minimum atomic E-state index is 0.427. The first-order chi connectivity index (χ1) is 4.36. The summed E-state index contributed by atoms with van der Waals surface area (Å²) in [6.45, 7) is 0.634. The molecule has 1 saturated heterocycles. The Morgan fingerprint density at radius 1 is 1.44 bits per heavy atom. The summed E-state index contributed by atoms with van der Waals surface area (Å²) < 4.78 is 0. The van der Waals surface area contributed by atoms with Gasteiger partial charge in [-0.1, -0.05) is 0 Å². The second-order valence-electron chi connectivity index (χ2n) is 3.05. The fourth-order valence-corrected chi connectivity index (χ4v) is 1.85. The van der Waals surface area contributed by atoms with Crippen LogP contribution < -0.4 is 5.32 Å². The van der Waals surface area contributed by atoms with Crippen LogP contribution in [0.1, 0.15) is 19.3 Å². The smallest absolute Gasteiger partial charge is 0.149 e. The number of piperidine rings is 1. The number of ketones is 1. The minimum absolute atomic E-state index is 0.427. The topological polar surface area (TPSA) is 29.1 Å². The lowest BCUT2D eigenvalue weighted by molar-refractivity contribution is -0.122. The Kier molecular flexibility index (Phi) is 1.09. The quantitative estimate of drug-likeness (QED) is 0.505. The van der Waals surface area contributed by atoms with Crippen molar-refractivity contribution in [3.8, 4) is 0 Å². The number of Topliss-reactive ketones (excluding diaryl/α,β-unsaturated/α-hetero) is 1. The van der Waals surface area contributed by atoms with Crippen molar-refractivity contribution in [2.24, 2.45) is 5.92 Å². The standard InChI is InChI=1S/C7H11NO/c9-7-4-8-6-2-1-5(7)3-6/h5-6,8H,1-4H2/t5-,6+/m1/s1. The van der Waals surface area contributed by atoms with Gasteiger partial charge >= 0.3 is 0 Å². The van der Waals surface area contributed by atoms with Gasteiger partial charge in [0.2, 0.25) is 0 Å². The van der Waals surface area contributed by atoms with E-state index in [4.69, 9.17) is 0 Å². The maximum Gasteiger partial charge on any atom is 0.149 e. The third kappa shape index (κ3) is 0.778. The molecule has 0 amide bonds. The summed E-state index contributed by atoms with van der Waals surface area (Å²) in [6, 6.07) is 0.674. The van der Waals surface area contributed by atoms with Gasteiger partial charge in [-0.3, -0.25) is 4.79 Å². The molecule has 1 aliphatic carbocycles. The van der Waals surface area contributed by atoms with Crippen LogP contribution in [0.4, 0.5) is 0 Å². The van der Waals surface area contributed by atoms with Gasteiger partial charge in [0.1, 0.15) is 5.78 Å². The Bertz CT molecular complexity index is 144. The molecule has 2 aliphatic rings. The number of fused-ring (bicyclic) bond motifs is 2. The molecular weight excluding hydrogens is 114 g/mol. The summed E-state index contributed by atoms with van der Waals surface area (Å²) in [4.78, 5) is 11.0. The van der Waals surface area contributed by atoms with E-state index in [0.717, 1.165) is 12.8 Å². The van der Waals surface area contributed by atoms with Gasteiger partial charge in [-0.2, -0.15) is 0 Å². The Labute approximate surface area is 54.6 Å². The van der Waals surface area contributed by atoms with Crippen LogP contribution in [-0.2, 0) is 4.79 Å². The molecule has 50 valence electrons. The van der Waals surface area contributed by atoms with Gasteiger partial charge in [-0.05, 0) is 19.3 Å². The number of hydrogen-bond donors (Lipinski definition) is 1. The Hall–Kier alpha value is -0.370. The zero-order chi connectivity index (χ0) is 6.27. The highest BCUT2D eigenvalue weighted by molar-refractivity contribution is 5.84. The second-order valence-corrected chi connectivity index (χ2v) is 3.05. The highest BCUT2D eigenvalue weighted by Gasteiger charge is 2.33. The van der Waals surface area contributed by atoms with Gasteiger partial charge < -0.3 is 5.32 Å². The van der Waals surface area contributed by atoms with Crippen LogP contribution in [0.5, 0.6) is 0 Å². The molecule has 0 spiro atoms. The molecule has 0 aromatic rings. The third-order valence-electron chi connectivity index (χ3n) is 2.45. The van der Waals surface area contributed by atoms with Crippen molar-refractivity contribution in [1.29, 1.82) is 0 Å². The fraction of sp³-hybridized carbons (Fsp3) is 0.857. The fourth-order valence-electron chi connectivity index (χ4n) is 1.85. The number of carbonyl (C=O) groups is 1. The van der Waals surface area contributed by atoms with Gasteiger partial charge in [0.15, 0.2) is 0 Å². The molecule has 1 aliphatic heterocycles. The van der Waals surface area contributed by atoms with E-state index in [1.165, 1.54) is 6.42 Å². The second kappa shape index (κ2) is 1.81. The third-order valence-corrected chi connectivity index (χ3v) is 2.45. The first kappa shape index (κ1) is 5.42. The van der Waals surface area contributed by atoms with E-state index in [-0.39, 0.29) is 0 Å². The van der Waals surface area contributed by atoms with Crippen LogP contribution in [0.15, 0.2) is 0 Å². The van der Waals surface area contributed by atoms with Gasteiger partial charge in [-0.25, -0.2) is 0 Å². The predicted octanol–water partition coefficient (Wildman–Crippen LogP) is 0.327. The van der Waals surface area contributed by atoms with Crippen molar-refractivity contribution in [2.45, 2.75) is 25.3 Å². The van der Waals surface area contributed by atoms with Crippen molar-refractivity contribution in [3.05, 3.63) is 0 Å². The summed E-state index contributed by atoms with van der Waals surface area (Å²) in [7, 11) is 0. The predicted molar refractivity (Wildman–Crippen MR) is 34.1 cm³/mol. The van der Waals surface area contributed by atoms with Crippen molar-refractivity contribution in [3.63, 3.8) is 0 Å². The molecule has 1 heterocycles. The molecule has 1 N–H and O–H groups in total. The van der Waals surface area contributed by atoms with Gasteiger partial charge in [-0.15, -0.1) is 0 Å². The van der Waals surface area contributed by atoms with E-state index < -0.39 is 0 Å². The molecule has 2 rings (SSSR count). The van der Waals surface area contributed by atoms with Gasteiger partial charge in [0.25, 0.3) is 0 Å². The highest BCUT2D eigenvalue weighted by Crippen LogP contribution is 2.28. The molecule has 2 fully saturated rings. The molecule has 2 heteroatoms. The van der Waals surface area contributed by atoms with Gasteiger partial charge in [0.05, 0.1) is 6.54 Å². The molecule has 9 heavy (non-hydrogen) atoms. The lowest BCUT2D eigenvalue weighted by atomic mass is 10.00. The summed E-state index contributed by atoms with van der Waals surface area (Å²) in [5.41, 5.74) is 0. The van der Waals surface area contributed by atoms with E-state index in [0.29, 0.717) is 24.3 Å². The maximum absolute atomic E-state index is 11.0. The van der Waals surface area contributed by atoms with E-state index in [2.05, 4.69) is 5.32 Å². The van der Waals surface area contributed by atoms with Crippen molar-refractivity contribution in [2.75, 3.05) is 6.54 Å². The molecule has 2 bridgehead atoms. The molecule has 1 saturated carbocycles. The molecule has 2 atom stereocenters. The Morgan fingerprint density at radius 3 is 3.11 bits per heavy atom. The highest BCUT2D eigenvalue weighted by atomic mass is 16.1. The largest absolute Gasteiger partial charge is 0.307 e. The van der Waals surface area contributed by atoms with Crippen molar-refractivity contribution < 1.29 is 4.79 Å². The summed E-state index contributed by atoms with van der Waals surface area (Å²) in [5, 5.41) is 3.21. The first-order valence-electron chi connectivity index (χ1n) is 3.62. The monoisotopic (exact) mass is 125 g/mol. The van der Waals surface area contributed by atoms with Crippen LogP contribution in [0.3, 0.4) is 0 Å². The lowest BCUT2D eigenvalue weighted by Gasteiger charge is -2.18. The molecular formula is C7H11NO. The average molecular weight is 125 g/mol. The van der Waals surface area contributed by atoms with E-state index >= 15 is 0 Å². The minimum Gasteiger partial charge on any atom is -0.307 e. The number of nitrogens with one attached hydrogen (secondary N) is 1. The number of rotatable bonds is 0. The van der Waals surface area contributed by atoms with E-state index in [1.807, 2.05) is 0 Å². The average Bonchev–Trinajstić information content (AvgIpc) is 2.25. The Balaban J connectivity index is 2.14. The lowest BCUT2D eigenvalue weighted by Crippen LogP contribution is -2.38. The van der Waals surface area contributed by atoms with Crippen LogP contribution >= 0.6 is 0 Å². The van der Waals surface area contributed by atoms with E-state index in [9.17, 15) is 4.79 Å². The van der Waals surface area contributed by atoms with E-state index in [1.54, 1.807) is 0 Å². The van der Waals surface area contributed by atoms with Crippen molar-refractivity contribution in [1.82, 2.24) is 5.32 Å². The Morgan fingerprint density at radius 2 is 2.33 bits per heavy atom. The molecule has 0 aromatic carbocycles. The molecule has 0 unspecified atom stereocenters. The normalized spacial score (nSPS) is 41.6. The van der Waals surface area contributed by atoms with Crippen LogP contribution in [-0.4, -0.2) is 18.4 Å². The summed E-state index contributed by atoms with van der Waals surface area (Å²) in [5.74, 6) is 0.861. The zero-order valence-corrected chi connectivity index (χ0v) is 5.39.